The Kier molecular flexibility index (Phi) is 7.35. The highest BCUT2D eigenvalue weighted by atomic mass is 16.2. The maximum Gasteiger partial charge on any atom is 0.242 e. The lowest BCUT2D eigenvalue weighted by Crippen LogP contribution is -2.46. The average molecular weight is 410 g/mol. The predicted molar refractivity (Wildman–Crippen MR) is 120 cm³/mol. The summed E-state index contributed by atoms with van der Waals surface area (Å²) in [5.41, 5.74) is 2.34. The molecule has 2 aromatic rings. The molecule has 0 unspecified atom stereocenters. The molecule has 1 saturated carbocycles. The van der Waals surface area contributed by atoms with Crippen LogP contribution in [0.2, 0.25) is 0 Å². The number of rotatable bonds is 10. The predicted octanol–water partition coefficient (Wildman–Crippen LogP) is 4.31. The summed E-state index contributed by atoms with van der Waals surface area (Å²) in [6.45, 7) is 9.70. The van der Waals surface area contributed by atoms with Crippen LogP contribution in [0.15, 0.2) is 48.7 Å². The first-order chi connectivity index (χ1) is 14.3. The molecule has 1 aromatic heterocycles. The fourth-order valence-corrected chi connectivity index (χ4v) is 3.77. The van der Waals surface area contributed by atoms with Crippen molar-refractivity contribution in [3.63, 3.8) is 0 Å². The summed E-state index contributed by atoms with van der Waals surface area (Å²) in [6.07, 6.45) is 4.59. The molecule has 0 aliphatic heterocycles. The van der Waals surface area contributed by atoms with Crippen LogP contribution in [0.4, 0.5) is 0 Å². The van der Waals surface area contributed by atoms with Crippen LogP contribution in [0.1, 0.15) is 58.2 Å². The zero-order valence-electron chi connectivity index (χ0n) is 18.8. The third-order valence-corrected chi connectivity index (χ3v) is 5.59. The van der Waals surface area contributed by atoms with E-state index in [4.69, 9.17) is 0 Å². The molecule has 0 spiro atoms. The van der Waals surface area contributed by atoms with E-state index in [2.05, 4.69) is 29.0 Å². The van der Waals surface area contributed by atoms with E-state index >= 15 is 0 Å². The van der Waals surface area contributed by atoms with E-state index in [1.807, 2.05) is 61.8 Å². The fourth-order valence-electron chi connectivity index (χ4n) is 3.77. The largest absolute Gasteiger partial charge is 0.345 e. The van der Waals surface area contributed by atoms with Gasteiger partial charge in [0, 0.05) is 36.9 Å². The summed E-state index contributed by atoms with van der Waals surface area (Å²) < 4.78 is 2.20. The van der Waals surface area contributed by atoms with Gasteiger partial charge in [0.25, 0.3) is 0 Å². The number of carbonyl (C=O) groups excluding carboxylic acids is 2. The Balaban J connectivity index is 1.69. The standard InChI is InChI=1S/C25H35N3O2/c1-19(2)15-24(29)28(22-12-13-22)18-25(30)27(20(3)4)17-23-11-8-14-26(23)16-21-9-6-5-7-10-21/h5-11,14,19-20,22H,12-13,15-18H2,1-4H3. The SMILES string of the molecule is CC(C)CC(=O)N(CC(=O)N(Cc1cccn1Cc1ccccc1)C(C)C)C1CC1. The lowest BCUT2D eigenvalue weighted by atomic mass is 10.1. The van der Waals surface area contributed by atoms with Crippen molar-refractivity contribution in [1.29, 1.82) is 0 Å². The van der Waals surface area contributed by atoms with E-state index in [9.17, 15) is 9.59 Å². The Morgan fingerprint density at radius 2 is 1.70 bits per heavy atom. The van der Waals surface area contributed by atoms with Crippen molar-refractivity contribution in [3.8, 4) is 0 Å². The molecule has 5 heteroatoms. The highest BCUT2D eigenvalue weighted by molar-refractivity contribution is 5.85. The van der Waals surface area contributed by atoms with Crippen molar-refractivity contribution in [2.75, 3.05) is 6.54 Å². The summed E-state index contributed by atoms with van der Waals surface area (Å²) in [7, 11) is 0. The molecular weight excluding hydrogens is 374 g/mol. The van der Waals surface area contributed by atoms with Gasteiger partial charge in [0.1, 0.15) is 6.54 Å². The third kappa shape index (κ3) is 5.97. The van der Waals surface area contributed by atoms with E-state index in [0.29, 0.717) is 18.9 Å². The third-order valence-electron chi connectivity index (χ3n) is 5.59. The molecule has 1 heterocycles. The van der Waals surface area contributed by atoms with Crippen molar-refractivity contribution in [3.05, 3.63) is 59.9 Å². The molecule has 0 atom stereocenters. The Hall–Kier alpha value is -2.56. The van der Waals surface area contributed by atoms with Gasteiger partial charge < -0.3 is 14.4 Å². The summed E-state index contributed by atoms with van der Waals surface area (Å²) >= 11 is 0. The second kappa shape index (κ2) is 9.96. The van der Waals surface area contributed by atoms with Crippen LogP contribution in [-0.4, -0.2) is 44.8 Å². The molecule has 1 aliphatic carbocycles. The van der Waals surface area contributed by atoms with Crippen LogP contribution in [0.5, 0.6) is 0 Å². The van der Waals surface area contributed by atoms with Crippen molar-refractivity contribution in [2.24, 2.45) is 5.92 Å². The van der Waals surface area contributed by atoms with Crippen LogP contribution in [-0.2, 0) is 22.7 Å². The molecule has 0 saturated heterocycles. The van der Waals surface area contributed by atoms with E-state index in [1.54, 1.807) is 0 Å². The fraction of sp³-hybridized carbons (Fsp3) is 0.520. The zero-order chi connectivity index (χ0) is 21.7. The second-order valence-electron chi connectivity index (χ2n) is 9.08. The Morgan fingerprint density at radius 3 is 2.30 bits per heavy atom. The number of benzene rings is 1. The molecule has 1 fully saturated rings. The molecule has 2 amide bonds. The number of hydrogen-bond donors (Lipinski definition) is 0. The quantitative estimate of drug-likeness (QED) is 0.587. The molecule has 0 N–H and O–H groups in total. The Bertz CT molecular complexity index is 837. The van der Waals surface area contributed by atoms with E-state index in [-0.39, 0.29) is 30.4 Å². The van der Waals surface area contributed by atoms with Gasteiger partial charge in [-0.1, -0.05) is 44.2 Å². The van der Waals surface area contributed by atoms with Crippen molar-refractivity contribution >= 4 is 11.8 Å². The van der Waals surface area contributed by atoms with Crippen LogP contribution in [0.3, 0.4) is 0 Å². The van der Waals surface area contributed by atoms with Crippen molar-refractivity contribution in [2.45, 2.75) is 72.1 Å². The maximum atomic E-state index is 13.2. The smallest absolute Gasteiger partial charge is 0.242 e. The first-order valence-corrected chi connectivity index (χ1v) is 11.1. The first-order valence-electron chi connectivity index (χ1n) is 11.1. The minimum absolute atomic E-state index is 0.0291. The van der Waals surface area contributed by atoms with Gasteiger partial charge in [0.15, 0.2) is 0 Å². The second-order valence-corrected chi connectivity index (χ2v) is 9.08. The Labute approximate surface area is 180 Å². The highest BCUT2D eigenvalue weighted by Gasteiger charge is 2.35. The molecule has 5 nitrogen and oxygen atoms in total. The summed E-state index contributed by atoms with van der Waals surface area (Å²) in [5, 5.41) is 0. The van der Waals surface area contributed by atoms with Gasteiger partial charge in [0.05, 0.1) is 6.54 Å². The first kappa shape index (κ1) is 22.1. The zero-order valence-corrected chi connectivity index (χ0v) is 18.8. The monoisotopic (exact) mass is 409 g/mol. The van der Waals surface area contributed by atoms with Gasteiger partial charge >= 0.3 is 0 Å². The minimum Gasteiger partial charge on any atom is -0.345 e. The van der Waals surface area contributed by atoms with E-state index in [1.165, 1.54) is 5.56 Å². The average Bonchev–Trinajstić information content (AvgIpc) is 3.44. The lowest BCUT2D eigenvalue weighted by molar-refractivity contribution is -0.142. The minimum atomic E-state index is 0.0291. The van der Waals surface area contributed by atoms with Gasteiger partial charge in [-0.2, -0.15) is 0 Å². The van der Waals surface area contributed by atoms with Crippen LogP contribution in [0, 0.1) is 5.92 Å². The van der Waals surface area contributed by atoms with Crippen LogP contribution >= 0.6 is 0 Å². The molecule has 1 aromatic carbocycles. The molecule has 0 radical (unpaired) electrons. The van der Waals surface area contributed by atoms with Crippen molar-refractivity contribution < 1.29 is 9.59 Å². The summed E-state index contributed by atoms with van der Waals surface area (Å²) in [4.78, 5) is 29.6. The number of carbonyl (C=O) groups is 2. The number of aromatic nitrogens is 1. The highest BCUT2D eigenvalue weighted by Crippen LogP contribution is 2.28. The lowest BCUT2D eigenvalue weighted by Gasteiger charge is -2.31. The van der Waals surface area contributed by atoms with Gasteiger partial charge in [-0.05, 0) is 50.3 Å². The summed E-state index contributed by atoms with van der Waals surface area (Å²) in [6, 6.07) is 14.8. The molecule has 3 rings (SSSR count). The number of amides is 2. The van der Waals surface area contributed by atoms with E-state index in [0.717, 1.165) is 25.1 Å². The number of nitrogens with zero attached hydrogens (tertiary/aromatic N) is 3. The van der Waals surface area contributed by atoms with Crippen molar-refractivity contribution in [1.82, 2.24) is 14.4 Å². The van der Waals surface area contributed by atoms with Gasteiger partial charge in [-0.3, -0.25) is 9.59 Å². The van der Waals surface area contributed by atoms with Crippen LogP contribution < -0.4 is 0 Å². The Morgan fingerprint density at radius 1 is 1.00 bits per heavy atom. The molecule has 0 bridgehead atoms. The normalized spacial score (nSPS) is 13.7. The topological polar surface area (TPSA) is 45.6 Å². The van der Waals surface area contributed by atoms with Crippen LogP contribution in [0.25, 0.3) is 0 Å². The molecule has 1 aliphatic rings. The molecule has 30 heavy (non-hydrogen) atoms. The van der Waals surface area contributed by atoms with Gasteiger partial charge in [0.2, 0.25) is 11.8 Å². The maximum absolute atomic E-state index is 13.2. The number of hydrogen-bond acceptors (Lipinski definition) is 2. The van der Waals surface area contributed by atoms with Gasteiger partial charge in [-0.25, -0.2) is 0 Å². The molecular formula is C25H35N3O2. The van der Waals surface area contributed by atoms with E-state index < -0.39 is 0 Å². The van der Waals surface area contributed by atoms with Gasteiger partial charge in [-0.15, -0.1) is 0 Å². The molecule has 162 valence electrons. The summed E-state index contributed by atoms with van der Waals surface area (Å²) in [5.74, 6) is 0.440.